The Morgan fingerprint density at radius 3 is 3.18 bits per heavy atom. The van der Waals surface area contributed by atoms with Crippen molar-refractivity contribution in [1.82, 2.24) is 4.98 Å². The van der Waals surface area contributed by atoms with Crippen LogP contribution < -0.4 is 0 Å². The van der Waals surface area contributed by atoms with Crippen molar-refractivity contribution in [3.05, 3.63) is 24.0 Å². The van der Waals surface area contributed by atoms with Gasteiger partial charge < -0.3 is 14.6 Å². The van der Waals surface area contributed by atoms with Crippen LogP contribution in [0.5, 0.6) is 5.75 Å². The molecule has 0 bridgehead atoms. The number of hydrogen-bond donors (Lipinski definition) is 1. The molecule has 17 heavy (non-hydrogen) atoms. The Balaban J connectivity index is 2.03. The van der Waals surface area contributed by atoms with Gasteiger partial charge in [-0.25, -0.2) is 0 Å². The van der Waals surface area contributed by atoms with Crippen molar-refractivity contribution in [3.63, 3.8) is 0 Å². The van der Waals surface area contributed by atoms with Crippen LogP contribution in [-0.2, 0) is 9.47 Å². The van der Waals surface area contributed by atoms with Crippen LogP contribution in [0, 0.1) is 0 Å². The lowest BCUT2D eigenvalue weighted by Crippen LogP contribution is -2.27. The summed E-state index contributed by atoms with van der Waals surface area (Å²) >= 11 is 0. The van der Waals surface area contributed by atoms with Crippen LogP contribution in [0.1, 0.15) is 37.9 Å². The van der Waals surface area contributed by atoms with E-state index in [1.165, 1.54) is 6.20 Å². The largest absolute Gasteiger partial charge is 0.506 e. The Morgan fingerprint density at radius 2 is 2.53 bits per heavy atom. The van der Waals surface area contributed by atoms with Crippen LogP contribution in [0.4, 0.5) is 0 Å². The monoisotopic (exact) mass is 237 g/mol. The molecule has 0 spiro atoms. The Morgan fingerprint density at radius 1 is 1.65 bits per heavy atom. The molecule has 0 aliphatic carbocycles. The van der Waals surface area contributed by atoms with Crippen LogP contribution in [0.25, 0.3) is 0 Å². The molecule has 0 saturated carbocycles. The lowest BCUT2D eigenvalue weighted by atomic mass is 10.1. The van der Waals surface area contributed by atoms with Crippen LogP contribution in [0.3, 0.4) is 0 Å². The van der Waals surface area contributed by atoms with Crippen LogP contribution >= 0.6 is 0 Å². The average Bonchev–Trinajstić information content (AvgIpc) is 2.38. The van der Waals surface area contributed by atoms with Crippen LogP contribution in [0.2, 0.25) is 0 Å². The van der Waals surface area contributed by atoms with Gasteiger partial charge in [0.15, 0.2) is 0 Å². The highest BCUT2D eigenvalue weighted by Crippen LogP contribution is 2.30. The fourth-order valence-electron chi connectivity index (χ4n) is 2.11. The predicted octanol–water partition coefficient (Wildman–Crippen LogP) is 2.43. The van der Waals surface area contributed by atoms with Crippen molar-refractivity contribution in [2.24, 2.45) is 0 Å². The van der Waals surface area contributed by atoms with Crippen molar-refractivity contribution >= 4 is 0 Å². The van der Waals surface area contributed by atoms with Crippen molar-refractivity contribution in [2.45, 2.75) is 38.4 Å². The third kappa shape index (κ3) is 3.17. The first-order chi connectivity index (χ1) is 8.31. The molecule has 1 aliphatic rings. The average molecular weight is 237 g/mol. The summed E-state index contributed by atoms with van der Waals surface area (Å²) in [6.45, 7) is 3.54. The van der Waals surface area contributed by atoms with Crippen molar-refractivity contribution in [2.75, 3.05) is 13.2 Å². The minimum absolute atomic E-state index is 0.0790. The second-order valence-electron chi connectivity index (χ2n) is 4.31. The predicted molar refractivity (Wildman–Crippen MR) is 63.9 cm³/mol. The fraction of sp³-hybridized carbons (Fsp3) is 0.615. The third-order valence-corrected chi connectivity index (χ3v) is 3.03. The summed E-state index contributed by atoms with van der Waals surface area (Å²) in [6.07, 6.45) is 6.10. The van der Waals surface area contributed by atoms with Gasteiger partial charge in [0.25, 0.3) is 0 Å². The molecule has 1 N–H and O–H groups in total. The van der Waals surface area contributed by atoms with Crippen LogP contribution in [-0.4, -0.2) is 29.4 Å². The topological polar surface area (TPSA) is 51.6 Å². The second-order valence-corrected chi connectivity index (χ2v) is 4.31. The summed E-state index contributed by atoms with van der Waals surface area (Å²) < 4.78 is 11.4. The molecule has 4 nitrogen and oxygen atoms in total. The Bertz CT molecular complexity index is 350. The highest BCUT2D eigenvalue weighted by atomic mass is 16.5. The van der Waals surface area contributed by atoms with Gasteiger partial charge in [-0.3, -0.25) is 4.98 Å². The normalized spacial score (nSPS) is 22.3. The van der Waals surface area contributed by atoms with E-state index in [0.29, 0.717) is 6.61 Å². The quantitative estimate of drug-likeness (QED) is 0.873. The maximum absolute atomic E-state index is 9.77. The highest BCUT2D eigenvalue weighted by molar-refractivity contribution is 5.30. The van der Waals surface area contributed by atoms with E-state index in [0.717, 1.165) is 31.4 Å². The lowest BCUT2D eigenvalue weighted by Gasteiger charge is -2.27. The van der Waals surface area contributed by atoms with Crippen molar-refractivity contribution in [3.8, 4) is 5.75 Å². The standard InChI is InChI=1S/C13H19NO3/c1-2-13(11-5-6-14-8-12(11)15)17-10-4-3-7-16-9-10/h5-6,8,10,13,15H,2-4,7,9H2,1H3. The molecule has 2 heterocycles. The van der Waals surface area contributed by atoms with Crippen LogP contribution in [0.15, 0.2) is 18.5 Å². The summed E-state index contributed by atoms with van der Waals surface area (Å²) in [6, 6.07) is 1.81. The number of pyridine rings is 1. The maximum atomic E-state index is 9.77. The number of rotatable bonds is 4. The Labute approximate surface area is 102 Å². The SMILES string of the molecule is CCC(OC1CCCOC1)c1ccncc1O. The smallest absolute Gasteiger partial charge is 0.139 e. The van der Waals surface area contributed by atoms with Gasteiger partial charge in [-0.1, -0.05) is 6.92 Å². The highest BCUT2D eigenvalue weighted by Gasteiger charge is 2.21. The van der Waals surface area contributed by atoms with E-state index in [2.05, 4.69) is 4.98 Å². The molecule has 94 valence electrons. The minimum Gasteiger partial charge on any atom is -0.506 e. The van der Waals surface area contributed by atoms with Gasteiger partial charge in [-0.15, -0.1) is 0 Å². The third-order valence-electron chi connectivity index (χ3n) is 3.03. The number of ether oxygens (including phenoxy) is 2. The van der Waals surface area contributed by atoms with Gasteiger partial charge >= 0.3 is 0 Å². The van der Waals surface area contributed by atoms with Crippen molar-refractivity contribution < 1.29 is 14.6 Å². The van der Waals surface area contributed by atoms with Gasteiger partial charge in [0.05, 0.1) is 25.0 Å². The van der Waals surface area contributed by atoms with Gasteiger partial charge in [0, 0.05) is 18.4 Å². The minimum atomic E-state index is -0.0790. The molecule has 0 amide bonds. The Hall–Kier alpha value is -1.13. The molecule has 4 heteroatoms. The molecule has 1 fully saturated rings. The number of aromatic nitrogens is 1. The molecular weight excluding hydrogens is 218 g/mol. The van der Waals surface area contributed by atoms with E-state index < -0.39 is 0 Å². The zero-order valence-corrected chi connectivity index (χ0v) is 10.1. The van der Waals surface area contributed by atoms with Gasteiger partial charge in [0.1, 0.15) is 5.75 Å². The molecule has 1 aromatic heterocycles. The summed E-state index contributed by atoms with van der Waals surface area (Å²) in [4.78, 5) is 3.88. The molecule has 0 aromatic carbocycles. The summed E-state index contributed by atoms with van der Waals surface area (Å²) in [5.41, 5.74) is 0.813. The molecule has 0 radical (unpaired) electrons. The number of hydrogen-bond acceptors (Lipinski definition) is 4. The fourth-order valence-corrected chi connectivity index (χ4v) is 2.11. The molecule has 2 atom stereocenters. The molecular formula is C13H19NO3. The van der Waals surface area contributed by atoms with Crippen molar-refractivity contribution in [1.29, 1.82) is 0 Å². The molecule has 1 aliphatic heterocycles. The van der Waals surface area contributed by atoms with Gasteiger partial charge in [-0.05, 0) is 25.3 Å². The first kappa shape index (κ1) is 12.3. The zero-order chi connectivity index (χ0) is 12.1. The van der Waals surface area contributed by atoms with E-state index in [-0.39, 0.29) is 18.0 Å². The van der Waals surface area contributed by atoms with E-state index >= 15 is 0 Å². The molecule has 1 saturated heterocycles. The first-order valence-corrected chi connectivity index (χ1v) is 6.17. The van der Waals surface area contributed by atoms with Gasteiger partial charge in [-0.2, -0.15) is 0 Å². The number of aromatic hydroxyl groups is 1. The molecule has 2 rings (SSSR count). The van der Waals surface area contributed by atoms with E-state index in [9.17, 15) is 5.11 Å². The Kier molecular flexibility index (Phi) is 4.34. The van der Waals surface area contributed by atoms with Gasteiger partial charge in [0.2, 0.25) is 0 Å². The summed E-state index contributed by atoms with van der Waals surface area (Å²) in [7, 11) is 0. The second kappa shape index (κ2) is 5.98. The summed E-state index contributed by atoms with van der Waals surface area (Å²) in [5, 5.41) is 9.77. The van der Waals surface area contributed by atoms with E-state index in [1.54, 1.807) is 6.20 Å². The zero-order valence-electron chi connectivity index (χ0n) is 10.1. The van der Waals surface area contributed by atoms with E-state index in [1.807, 2.05) is 13.0 Å². The molecule has 2 unspecified atom stereocenters. The van der Waals surface area contributed by atoms with E-state index in [4.69, 9.17) is 9.47 Å². The summed E-state index contributed by atoms with van der Waals surface area (Å²) in [5.74, 6) is 0.205. The number of nitrogens with zero attached hydrogens (tertiary/aromatic N) is 1. The molecule has 1 aromatic rings. The first-order valence-electron chi connectivity index (χ1n) is 6.17. The lowest BCUT2D eigenvalue weighted by molar-refractivity contribution is -0.0866. The maximum Gasteiger partial charge on any atom is 0.139 e.